The van der Waals surface area contributed by atoms with Gasteiger partial charge >= 0.3 is 11.9 Å². The summed E-state index contributed by atoms with van der Waals surface area (Å²) < 4.78 is 42.4. The number of carbonyl (C=O) groups excluding carboxylic acids is 2. The molecule has 0 atom stereocenters. The van der Waals surface area contributed by atoms with Crippen LogP contribution in [-0.2, 0) is 33.3 Å². The van der Waals surface area contributed by atoms with Gasteiger partial charge in [0, 0.05) is 61.2 Å². The first-order valence-corrected chi connectivity index (χ1v) is 51.8. The van der Waals surface area contributed by atoms with Crippen molar-refractivity contribution in [1.29, 1.82) is 0 Å². The average Bonchev–Trinajstić information content (AvgIpc) is 0.804. The number of carbonyl (C=O) groups is 2. The summed E-state index contributed by atoms with van der Waals surface area (Å²) in [4.78, 5) is 23.1. The molecule has 0 radical (unpaired) electrons. The molecule has 0 fully saturated rings. The van der Waals surface area contributed by atoms with E-state index in [1.807, 2.05) is 65.1 Å². The van der Waals surface area contributed by atoms with Crippen molar-refractivity contribution in [2.45, 2.75) is 470 Å². The molecule has 12 heteroatoms. The fraction of sp³-hybridized carbons (Fsp3) is 0.664. The summed E-state index contributed by atoms with van der Waals surface area (Å²) in [6.45, 7) is 137. The molecule has 6 aromatic carbocycles. The van der Waals surface area contributed by atoms with Crippen molar-refractivity contribution in [3.05, 3.63) is 178 Å². The SMILES string of the molecule is CC#CC(C)(C)C(C)(C)C.CC#Cc1c(C)c(C)c(C)c(C)c1C.CC(=O)OC(C)(C)C(C)(C)C.CC(=O)Oc1c(C)c(C)c(C)c(C)c1C.CC(C)(C)C.COC(C)(C)C(C)(C)C.COCOC(C)(C)C(C)(C)C.COCOc1c(C)c(C)c(C)c(C)c1C.COc1c(C)c(C)c(C)c(C)c1C.CSC(C)(C)C(C)(C)C.CSc1c(C)c(C)c(C)c(C)c1C.Cc1c(C)c(C)c(C)c(C)c1C. The van der Waals surface area contributed by atoms with Gasteiger partial charge < -0.3 is 37.9 Å². The van der Waals surface area contributed by atoms with Crippen LogP contribution in [0.1, 0.15) is 407 Å². The molecular formula is C125H214O10S2. The van der Waals surface area contributed by atoms with Gasteiger partial charge in [0.05, 0.1) is 18.3 Å². The highest BCUT2D eigenvalue weighted by molar-refractivity contribution is 8.00. The molecule has 0 aliphatic rings. The molecular weight excluding hydrogens is 1730 g/mol. The fourth-order valence-corrected chi connectivity index (χ4v) is 14.2. The van der Waals surface area contributed by atoms with Crippen molar-refractivity contribution < 1.29 is 47.5 Å². The molecule has 0 N–H and O–H groups in total. The predicted octanol–water partition coefficient (Wildman–Crippen LogP) is 36.3. The molecule has 0 amide bonds. The lowest BCUT2D eigenvalue weighted by Gasteiger charge is -2.38. The van der Waals surface area contributed by atoms with Crippen LogP contribution in [0.15, 0.2) is 4.90 Å². The van der Waals surface area contributed by atoms with Crippen molar-refractivity contribution in [2.75, 3.05) is 54.5 Å². The van der Waals surface area contributed by atoms with E-state index in [-0.39, 0.29) is 50.2 Å². The minimum atomic E-state index is -0.390. The highest BCUT2D eigenvalue weighted by Gasteiger charge is 2.37. The summed E-state index contributed by atoms with van der Waals surface area (Å²) in [7, 11) is 6.77. The lowest BCUT2D eigenvalue weighted by atomic mass is 9.70. The number of rotatable bonds is 12. The summed E-state index contributed by atoms with van der Waals surface area (Å²) >= 11 is 3.79. The number of hydrogen-bond acceptors (Lipinski definition) is 12. The fourth-order valence-electron chi connectivity index (χ4n) is 12.7. The van der Waals surface area contributed by atoms with Gasteiger partial charge in [-0.3, -0.25) is 9.59 Å². The Morgan fingerprint density at radius 3 is 0.701 bits per heavy atom. The molecule has 0 heterocycles. The van der Waals surface area contributed by atoms with Gasteiger partial charge in [-0.2, -0.15) is 11.8 Å². The molecule has 786 valence electrons. The van der Waals surface area contributed by atoms with Gasteiger partial charge in [-0.15, -0.1) is 23.6 Å². The van der Waals surface area contributed by atoms with E-state index in [9.17, 15) is 9.59 Å². The third-order valence-corrected chi connectivity index (χ3v) is 33.5. The summed E-state index contributed by atoms with van der Waals surface area (Å²) in [5.74, 6) is 14.6. The molecule has 0 aliphatic carbocycles. The molecule has 0 bridgehead atoms. The Balaban J connectivity index is -0.000000344. The van der Waals surface area contributed by atoms with Crippen LogP contribution in [0.4, 0.5) is 0 Å². The van der Waals surface area contributed by atoms with Crippen LogP contribution in [0, 0.1) is 276 Å². The topological polar surface area (TPSA) is 108 Å². The summed E-state index contributed by atoms with van der Waals surface area (Å²) in [6.07, 6.45) is 4.33. The molecule has 10 nitrogen and oxygen atoms in total. The molecule has 0 saturated heterocycles. The quantitative estimate of drug-likeness (QED) is 0.0383. The van der Waals surface area contributed by atoms with Crippen LogP contribution in [0.3, 0.4) is 0 Å². The number of methoxy groups -OCH3 is 4. The Hall–Kier alpha value is -6.48. The van der Waals surface area contributed by atoms with Gasteiger partial charge in [0.25, 0.3) is 0 Å². The van der Waals surface area contributed by atoms with E-state index < -0.39 is 5.60 Å². The van der Waals surface area contributed by atoms with E-state index in [0.29, 0.717) is 29.2 Å². The number of esters is 2. The van der Waals surface area contributed by atoms with Crippen molar-refractivity contribution in [2.24, 2.45) is 37.9 Å². The predicted molar refractivity (Wildman–Crippen MR) is 611 cm³/mol. The average molecular weight is 1940 g/mol. The van der Waals surface area contributed by atoms with Crippen LogP contribution in [0.5, 0.6) is 17.2 Å². The summed E-state index contributed by atoms with van der Waals surface area (Å²) in [6, 6.07) is 0. The van der Waals surface area contributed by atoms with Gasteiger partial charge in [0.15, 0.2) is 6.79 Å². The van der Waals surface area contributed by atoms with Crippen molar-refractivity contribution in [1.82, 2.24) is 0 Å². The maximum atomic E-state index is 11.0. The van der Waals surface area contributed by atoms with Gasteiger partial charge in [0.1, 0.15) is 29.6 Å². The minimum Gasteiger partial charge on any atom is -0.496 e. The van der Waals surface area contributed by atoms with Crippen LogP contribution in [0.2, 0.25) is 0 Å². The molecule has 0 aromatic heterocycles. The Bertz CT molecular complexity index is 4600. The molecule has 6 aromatic rings. The van der Waals surface area contributed by atoms with E-state index in [0.717, 1.165) is 28.4 Å². The number of ether oxygens (including phenoxy) is 8. The van der Waals surface area contributed by atoms with E-state index >= 15 is 0 Å². The standard InChI is InChI=1S/C14H18.C13H20O2.C13H18O2.C12H18O.C12H18S.C12H18.C10H18.C9H20O2.C9H18O2.C8H18O.C8H18S.C5H12/c1-7-8-14-12(5)10(3)9(2)11(4)13(14)6;1-8-9(2)11(4)13(15-7-14-6)12(5)10(8)3;1-7-8(2)10(4)13(15-12(6)14)11(5)9(7)3;2*1-7-8(2)10(4)12(13-6)11(5)9(7)3;1-7-8(2)10(4)12(6)11(5)9(7)3;1-7-8-10(5,6)9(2,3)4;1-8(2,3)9(4,5)11-7-10-6;1-7(10)11-9(5,6)8(2,3)4;2*1-7(2,3)8(4,5)9-6;1-5(2,3)4/h1-6H3;7H2,1-6H3;1-6H3;2*1-6H3;1-6H3;1-6H3;7H2,1-6H3;1-6H3;2*1-6H3;1-4H3. The number of thioether (sulfide) groups is 2. The molecule has 0 aliphatic heterocycles. The van der Waals surface area contributed by atoms with E-state index in [1.165, 1.54) is 186 Å². The largest absolute Gasteiger partial charge is 0.496 e. The Kier molecular flexibility index (Phi) is 61.4. The molecule has 0 spiro atoms. The van der Waals surface area contributed by atoms with Gasteiger partial charge in [-0.05, 0) is 496 Å². The van der Waals surface area contributed by atoms with Crippen LogP contribution < -0.4 is 14.2 Å². The smallest absolute Gasteiger partial charge is 0.308 e. The second-order valence-electron chi connectivity index (χ2n) is 46.8. The third kappa shape index (κ3) is 44.5. The van der Waals surface area contributed by atoms with E-state index in [4.69, 9.17) is 37.9 Å². The lowest BCUT2D eigenvalue weighted by Crippen LogP contribution is -2.40. The molecule has 0 unspecified atom stereocenters. The molecule has 6 rings (SSSR count). The first-order valence-electron chi connectivity index (χ1n) is 49.3. The van der Waals surface area contributed by atoms with Crippen LogP contribution in [-0.4, -0.2) is 88.0 Å². The zero-order chi connectivity index (χ0) is 111. The Labute approximate surface area is 858 Å². The van der Waals surface area contributed by atoms with E-state index in [2.05, 4.69) is 424 Å². The van der Waals surface area contributed by atoms with E-state index in [1.54, 1.807) is 28.4 Å². The van der Waals surface area contributed by atoms with Crippen LogP contribution in [0.25, 0.3) is 0 Å². The normalized spacial score (nSPS) is 11.5. The Morgan fingerprint density at radius 2 is 0.533 bits per heavy atom. The number of hydrogen-bond donors (Lipinski definition) is 0. The van der Waals surface area contributed by atoms with Gasteiger partial charge in [-0.1, -0.05) is 157 Å². The maximum absolute atomic E-state index is 11.0. The monoisotopic (exact) mass is 1940 g/mol. The Morgan fingerprint density at radius 1 is 0.285 bits per heavy atom. The van der Waals surface area contributed by atoms with Gasteiger partial charge in [0.2, 0.25) is 0 Å². The molecule has 0 saturated carbocycles. The van der Waals surface area contributed by atoms with Crippen molar-refractivity contribution >= 4 is 35.5 Å². The van der Waals surface area contributed by atoms with Gasteiger partial charge in [-0.25, -0.2) is 0 Å². The highest BCUT2D eigenvalue weighted by atomic mass is 32.2. The first-order chi connectivity index (χ1) is 61.2. The third-order valence-electron chi connectivity index (χ3n) is 30.8. The summed E-state index contributed by atoms with van der Waals surface area (Å²) in [5.41, 5.74) is 44.0. The van der Waals surface area contributed by atoms with Crippen LogP contribution >= 0.6 is 23.5 Å². The second kappa shape index (κ2) is 59.6. The molecule has 137 heavy (non-hydrogen) atoms. The maximum Gasteiger partial charge on any atom is 0.308 e. The first kappa shape index (κ1) is 141. The summed E-state index contributed by atoms with van der Waals surface area (Å²) in [5, 5.41) is 0. The second-order valence-corrected chi connectivity index (χ2v) is 49.1. The zero-order valence-electron chi connectivity index (χ0n) is 103. The van der Waals surface area contributed by atoms with Crippen molar-refractivity contribution in [3.8, 4) is 40.9 Å². The lowest BCUT2D eigenvalue weighted by molar-refractivity contribution is -0.164. The minimum absolute atomic E-state index is 0.0152. The van der Waals surface area contributed by atoms with Crippen molar-refractivity contribution in [3.63, 3.8) is 0 Å². The highest BCUT2D eigenvalue weighted by Crippen LogP contribution is 2.42. The number of benzene rings is 6. The zero-order valence-corrected chi connectivity index (χ0v) is 104.